The van der Waals surface area contributed by atoms with Crippen molar-refractivity contribution < 1.29 is 13.2 Å². The minimum Gasteiger partial charge on any atom is -0.387 e. The second kappa shape index (κ2) is 5.90. The van der Waals surface area contributed by atoms with Gasteiger partial charge in [-0.25, -0.2) is 8.42 Å². The Labute approximate surface area is 114 Å². The van der Waals surface area contributed by atoms with Gasteiger partial charge >= 0.3 is 0 Å². The molecule has 106 valence electrons. The highest BCUT2D eigenvalue weighted by atomic mass is 32.2. The minimum absolute atomic E-state index is 0.0153. The van der Waals surface area contributed by atoms with Crippen molar-refractivity contribution in [3.05, 3.63) is 24.3 Å². The Kier molecular flexibility index (Phi) is 4.44. The average Bonchev–Trinajstić information content (AvgIpc) is 2.91. The molecule has 0 radical (unpaired) electrons. The van der Waals surface area contributed by atoms with E-state index in [-0.39, 0.29) is 6.10 Å². The van der Waals surface area contributed by atoms with Gasteiger partial charge < -0.3 is 10.1 Å². The first kappa shape index (κ1) is 14.3. The quantitative estimate of drug-likeness (QED) is 0.891. The molecular weight excluding hydrogens is 264 g/mol. The number of anilines is 1. The molecule has 1 heterocycles. The third kappa shape index (κ3) is 3.08. The topological polar surface area (TPSA) is 58.6 Å². The fourth-order valence-corrected chi connectivity index (χ4v) is 3.64. The van der Waals surface area contributed by atoms with Crippen molar-refractivity contribution in [2.45, 2.75) is 23.8 Å². The molecule has 19 heavy (non-hydrogen) atoms. The summed E-state index contributed by atoms with van der Waals surface area (Å²) in [6.07, 6.45) is 1.95. The van der Waals surface area contributed by atoms with Crippen LogP contribution in [0.15, 0.2) is 29.2 Å². The molecule has 1 saturated heterocycles. The first-order chi connectivity index (χ1) is 9.05. The lowest BCUT2D eigenvalue weighted by atomic mass is 10.2. The lowest BCUT2D eigenvalue weighted by Crippen LogP contribution is -2.34. The number of rotatable bonds is 5. The van der Waals surface area contributed by atoms with Gasteiger partial charge in [-0.3, -0.25) is 0 Å². The number of benzene rings is 1. The second-order valence-electron chi connectivity index (χ2n) is 4.67. The summed E-state index contributed by atoms with van der Waals surface area (Å²) >= 11 is 0. The average molecular weight is 284 g/mol. The molecule has 1 aromatic carbocycles. The predicted molar refractivity (Wildman–Crippen MR) is 74.8 cm³/mol. The molecule has 0 aromatic heterocycles. The monoisotopic (exact) mass is 284 g/mol. The van der Waals surface area contributed by atoms with E-state index >= 15 is 0 Å². The zero-order valence-electron chi connectivity index (χ0n) is 11.3. The molecule has 0 amide bonds. The van der Waals surface area contributed by atoms with Crippen LogP contribution in [0.25, 0.3) is 0 Å². The summed E-state index contributed by atoms with van der Waals surface area (Å²) in [6, 6.07) is 6.92. The highest BCUT2D eigenvalue weighted by molar-refractivity contribution is 7.89. The smallest absolute Gasteiger partial charge is 0.244 e. The highest BCUT2D eigenvalue weighted by Gasteiger charge is 2.27. The molecule has 0 spiro atoms. The molecule has 1 aliphatic rings. The number of para-hydroxylation sites is 1. The van der Waals surface area contributed by atoms with E-state index in [2.05, 4.69) is 5.32 Å². The second-order valence-corrected chi connectivity index (χ2v) is 6.68. The summed E-state index contributed by atoms with van der Waals surface area (Å²) in [5, 5.41) is 2.91. The fourth-order valence-electron chi connectivity index (χ4n) is 2.24. The van der Waals surface area contributed by atoms with Gasteiger partial charge in [0.15, 0.2) is 0 Å². The van der Waals surface area contributed by atoms with Gasteiger partial charge in [-0.2, -0.15) is 4.31 Å². The van der Waals surface area contributed by atoms with Crippen molar-refractivity contribution in [1.29, 1.82) is 0 Å². The molecule has 1 unspecified atom stereocenters. The van der Waals surface area contributed by atoms with E-state index in [4.69, 9.17) is 4.74 Å². The summed E-state index contributed by atoms with van der Waals surface area (Å²) in [4.78, 5) is 0.304. The van der Waals surface area contributed by atoms with Crippen LogP contribution < -0.4 is 5.32 Å². The van der Waals surface area contributed by atoms with Gasteiger partial charge in [-0.05, 0) is 25.0 Å². The van der Waals surface area contributed by atoms with Crippen LogP contribution in [0.3, 0.4) is 0 Å². The van der Waals surface area contributed by atoms with Crippen molar-refractivity contribution >= 4 is 15.7 Å². The maximum absolute atomic E-state index is 12.5. The first-order valence-electron chi connectivity index (χ1n) is 6.40. The molecule has 5 nitrogen and oxygen atoms in total. The Balaban J connectivity index is 2.20. The van der Waals surface area contributed by atoms with Gasteiger partial charge in [-0.1, -0.05) is 12.1 Å². The zero-order valence-corrected chi connectivity index (χ0v) is 12.1. The van der Waals surface area contributed by atoms with Crippen LogP contribution in [0.2, 0.25) is 0 Å². The summed E-state index contributed by atoms with van der Waals surface area (Å²) in [5.41, 5.74) is 0.613. The lowest BCUT2D eigenvalue weighted by molar-refractivity contribution is 0.0979. The molecule has 1 aromatic rings. The van der Waals surface area contributed by atoms with E-state index in [1.165, 1.54) is 4.31 Å². The number of nitrogens with zero attached hydrogens (tertiary/aromatic N) is 1. The Bertz CT molecular complexity index is 524. The summed E-state index contributed by atoms with van der Waals surface area (Å²) < 4.78 is 31.9. The number of nitrogens with one attached hydrogen (secondary N) is 1. The number of likely N-dealkylation sites (N-methyl/N-ethyl adjacent to an activating group) is 1. The Morgan fingerprint density at radius 3 is 2.79 bits per heavy atom. The Hall–Kier alpha value is -1.11. The van der Waals surface area contributed by atoms with Crippen LogP contribution in [-0.4, -0.2) is 46.1 Å². The van der Waals surface area contributed by atoms with Gasteiger partial charge in [0.25, 0.3) is 0 Å². The molecular formula is C13H20N2O3S. The predicted octanol–water partition coefficient (Wildman–Crippen LogP) is 1.53. The lowest BCUT2D eigenvalue weighted by Gasteiger charge is -2.21. The number of hydrogen-bond donors (Lipinski definition) is 1. The van der Waals surface area contributed by atoms with E-state index < -0.39 is 10.0 Å². The molecule has 0 bridgehead atoms. The largest absolute Gasteiger partial charge is 0.387 e. The molecule has 0 saturated carbocycles. The van der Waals surface area contributed by atoms with Crippen LogP contribution in [0.4, 0.5) is 5.69 Å². The van der Waals surface area contributed by atoms with Crippen molar-refractivity contribution in [1.82, 2.24) is 4.31 Å². The van der Waals surface area contributed by atoms with Gasteiger partial charge in [0.05, 0.1) is 11.8 Å². The van der Waals surface area contributed by atoms with Gasteiger partial charge in [0, 0.05) is 27.2 Å². The number of ether oxygens (including phenoxy) is 1. The van der Waals surface area contributed by atoms with Crippen LogP contribution in [0, 0.1) is 0 Å². The standard InChI is InChI=1S/C13H20N2O3S/c1-14-12-7-3-4-8-13(12)19(16,17)15(2)10-11-6-5-9-18-11/h3-4,7-8,11,14H,5-6,9-10H2,1-2H3. The van der Waals surface area contributed by atoms with E-state index in [1.54, 1.807) is 32.3 Å². The maximum Gasteiger partial charge on any atom is 0.244 e. The van der Waals surface area contributed by atoms with Crippen molar-refractivity contribution in [2.24, 2.45) is 0 Å². The summed E-state index contributed by atoms with van der Waals surface area (Å²) in [5.74, 6) is 0. The zero-order chi connectivity index (χ0) is 13.9. The highest BCUT2D eigenvalue weighted by Crippen LogP contribution is 2.24. The molecule has 1 N–H and O–H groups in total. The summed E-state index contributed by atoms with van der Waals surface area (Å²) in [7, 11) is -0.161. The van der Waals surface area contributed by atoms with Crippen LogP contribution in [0.5, 0.6) is 0 Å². The molecule has 1 atom stereocenters. The molecule has 2 rings (SSSR count). The third-order valence-electron chi connectivity index (χ3n) is 3.33. The van der Waals surface area contributed by atoms with E-state index in [0.29, 0.717) is 17.1 Å². The van der Waals surface area contributed by atoms with E-state index in [9.17, 15) is 8.42 Å². The molecule has 1 aliphatic heterocycles. The van der Waals surface area contributed by atoms with E-state index in [0.717, 1.165) is 19.4 Å². The van der Waals surface area contributed by atoms with Crippen molar-refractivity contribution in [3.8, 4) is 0 Å². The van der Waals surface area contributed by atoms with Crippen molar-refractivity contribution in [3.63, 3.8) is 0 Å². The summed E-state index contributed by atoms with van der Waals surface area (Å²) in [6.45, 7) is 1.13. The van der Waals surface area contributed by atoms with Crippen LogP contribution in [-0.2, 0) is 14.8 Å². The SMILES string of the molecule is CNc1ccccc1S(=O)(=O)N(C)CC1CCCO1. The fraction of sp³-hybridized carbons (Fsp3) is 0.538. The van der Waals surface area contributed by atoms with Crippen molar-refractivity contribution in [2.75, 3.05) is 32.6 Å². The number of sulfonamides is 1. The van der Waals surface area contributed by atoms with Gasteiger partial charge in [0.2, 0.25) is 10.0 Å². The van der Waals surface area contributed by atoms with Crippen LogP contribution in [0.1, 0.15) is 12.8 Å². The minimum atomic E-state index is -3.48. The van der Waals surface area contributed by atoms with E-state index in [1.807, 2.05) is 6.07 Å². The first-order valence-corrected chi connectivity index (χ1v) is 7.84. The molecule has 0 aliphatic carbocycles. The number of hydrogen-bond acceptors (Lipinski definition) is 4. The normalized spacial score (nSPS) is 19.8. The van der Waals surface area contributed by atoms with Crippen LogP contribution >= 0.6 is 0 Å². The maximum atomic E-state index is 12.5. The molecule has 1 fully saturated rings. The third-order valence-corrected chi connectivity index (χ3v) is 5.21. The van der Waals surface area contributed by atoms with Gasteiger partial charge in [0.1, 0.15) is 4.90 Å². The Morgan fingerprint density at radius 2 is 2.16 bits per heavy atom. The molecule has 6 heteroatoms. The van der Waals surface area contributed by atoms with Gasteiger partial charge in [-0.15, -0.1) is 0 Å². The Morgan fingerprint density at radius 1 is 1.42 bits per heavy atom.